The topological polar surface area (TPSA) is 17.3 Å². The fraction of sp³-hybridized carbons (Fsp3) is 1.00. The van der Waals surface area contributed by atoms with Gasteiger partial charge in [0.25, 0.3) is 0 Å². The minimum absolute atomic E-state index is 0. The fourth-order valence-corrected chi connectivity index (χ4v) is 2.44. The third-order valence-corrected chi connectivity index (χ3v) is 3.36. The number of hydrogen-bond acceptors (Lipinski definition) is 1. The first-order chi connectivity index (χ1) is 5.77. The Hall–Kier alpha value is 0.504. The molecule has 0 spiro atoms. The molecule has 2 rings (SSSR count). The predicted octanol–water partition coefficient (Wildman–Crippen LogP) is 1.72. The van der Waals surface area contributed by atoms with Gasteiger partial charge < -0.3 is 10.2 Å². The second kappa shape index (κ2) is 4.83. The molecule has 2 aliphatic heterocycles. The Balaban J connectivity index is 0.000000845. The van der Waals surface area contributed by atoms with Crippen LogP contribution in [0.25, 0.3) is 5.32 Å². The summed E-state index contributed by atoms with van der Waals surface area (Å²) in [6.45, 7) is 9.48. The zero-order valence-electron chi connectivity index (χ0n) is 8.61. The van der Waals surface area contributed by atoms with Gasteiger partial charge >= 0.3 is 0 Å². The Morgan fingerprint density at radius 3 is 2.54 bits per heavy atom. The zero-order chi connectivity index (χ0) is 8.55. The van der Waals surface area contributed by atoms with E-state index in [1.165, 1.54) is 19.5 Å². The second-order valence-corrected chi connectivity index (χ2v) is 4.49. The van der Waals surface area contributed by atoms with E-state index in [0.29, 0.717) is 0 Å². The average Bonchev–Trinajstić information content (AvgIpc) is 2.46. The van der Waals surface area contributed by atoms with E-state index in [1.807, 2.05) is 0 Å². The second-order valence-electron chi connectivity index (χ2n) is 4.49. The Morgan fingerprint density at radius 2 is 1.92 bits per heavy atom. The largest absolute Gasteiger partial charge is 0.662 e. The summed E-state index contributed by atoms with van der Waals surface area (Å²) in [5.74, 6) is 1.85. The molecule has 0 N–H and O–H groups in total. The van der Waals surface area contributed by atoms with E-state index in [4.69, 9.17) is 0 Å². The maximum Gasteiger partial charge on any atom is 0.00388 e. The first-order valence-corrected chi connectivity index (χ1v) is 5.14. The van der Waals surface area contributed by atoms with Gasteiger partial charge in [0, 0.05) is 31.1 Å². The molecule has 75 valence electrons. The minimum atomic E-state index is 0. The summed E-state index contributed by atoms with van der Waals surface area (Å²) in [6.07, 6.45) is 1.34. The summed E-state index contributed by atoms with van der Waals surface area (Å²) < 4.78 is 0. The van der Waals surface area contributed by atoms with Gasteiger partial charge in [0.2, 0.25) is 0 Å². The normalized spacial score (nSPS) is 34.4. The summed E-state index contributed by atoms with van der Waals surface area (Å²) in [6, 6.07) is 0.732. The molecule has 3 heteroatoms. The van der Waals surface area contributed by atoms with Crippen LogP contribution in [-0.4, -0.2) is 37.1 Å². The molecule has 2 unspecified atom stereocenters. The molecule has 0 aromatic rings. The Labute approximate surface area is 93.3 Å². The van der Waals surface area contributed by atoms with Crippen LogP contribution >= 0.6 is 0 Å². The standard InChI is InChI=1S/C10H19N2.V/c1-8(2)12-6-9-3-4-11-5-10(9)7-12;/h8-10H,3-7H2,1-2H3;/q-1;. The van der Waals surface area contributed by atoms with Crippen LogP contribution in [0.1, 0.15) is 20.3 Å². The van der Waals surface area contributed by atoms with Gasteiger partial charge in [0.15, 0.2) is 0 Å². The van der Waals surface area contributed by atoms with E-state index in [2.05, 4.69) is 24.1 Å². The third-order valence-electron chi connectivity index (χ3n) is 3.36. The summed E-state index contributed by atoms with van der Waals surface area (Å²) in [4.78, 5) is 2.61. The van der Waals surface area contributed by atoms with Gasteiger partial charge in [-0.05, 0) is 32.2 Å². The van der Waals surface area contributed by atoms with Crippen LogP contribution in [0, 0.1) is 11.8 Å². The molecule has 0 aromatic heterocycles. The predicted molar refractivity (Wildman–Crippen MR) is 51.4 cm³/mol. The molecule has 13 heavy (non-hydrogen) atoms. The molecule has 0 saturated carbocycles. The maximum atomic E-state index is 4.49. The molecule has 2 fully saturated rings. The molecule has 2 nitrogen and oxygen atoms in total. The van der Waals surface area contributed by atoms with Crippen molar-refractivity contribution in [1.29, 1.82) is 0 Å². The smallest absolute Gasteiger partial charge is 0.00388 e. The molecular weight excluding hydrogens is 199 g/mol. The van der Waals surface area contributed by atoms with E-state index < -0.39 is 0 Å². The van der Waals surface area contributed by atoms with E-state index in [0.717, 1.165) is 31.0 Å². The van der Waals surface area contributed by atoms with Crippen molar-refractivity contribution in [2.45, 2.75) is 26.3 Å². The van der Waals surface area contributed by atoms with Crippen LogP contribution in [0.3, 0.4) is 0 Å². The number of likely N-dealkylation sites (tertiary alicyclic amines) is 1. The van der Waals surface area contributed by atoms with Crippen LogP contribution in [0.2, 0.25) is 0 Å². The van der Waals surface area contributed by atoms with Crippen molar-refractivity contribution in [3.8, 4) is 0 Å². The summed E-state index contributed by atoms with van der Waals surface area (Å²) >= 11 is 0. The van der Waals surface area contributed by atoms with Gasteiger partial charge in [-0.1, -0.05) is 6.42 Å². The molecule has 0 aromatic carbocycles. The summed E-state index contributed by atoms with van der Waals surface area (Å²) in [5, 5.41) is 4.49. The Morgan fingerprint density at radius 1 is 1.23 bits per heavy atom. The number of hydrogen-bond donors (Lipinski definition) is 0. The number of rotatable bonds is 1. The summed E-state index contributed by atoms with van der Waals surface area (Å²) in [7, 11) is 0. The van der Waals surface area contributed by atoms with Crippen LogP contribution < -0.4 is 0 Å². The van der Waals surface area contributed by atoms with Gasteiger partial charge in [0.05, 0.1) is 0 Å². The fourth-order valence-electron chi connectivity index (χ4n) is 2.44. The third kappa shape index (κ3) is 2.50. The van der Waals surface area contributed by atoms with Crippen LogP contribution in [-0.2, 0) is 18.6 Å². The number of fused-ring (bicyclic) bond motifs is 1. The SMILES string of the molecule is CC(C)N1CC2CC[N-]CC2C1.[V]. The van der Waals surface area contributed by atoms with Crippen LogP contribution in [0.5, 0.6) is 0 Å². The van der Waals surface area contributed by atoms with Crippen molar-refractivity contribution in [1.82, 2.24) is 4.90 Å². The van der Waals surface area contributed by atoms with Gasteiger partial charge in [-0.3, -0.25) is 0 Å². The Bertz CT molecular complexity index is 147. The average molecular weight is 218 g/mol. The molecule has 2 aliphatic rings. The monoisotopic (exact) mass is 218 g/mol. The van der Waals surface area contributed by atoms with E-state index in [1.54, 1.807) is 0 Å². The van der Waals surface area contributed by atoms with Crippen molar-refractivity contribution in [2.24, 2.45) is 11.8 Å². The van der Waals surface area contributed by atoms with Gasteiger partial charge in [-0.2, -0.15) is 0 Å². The number of piperidine rings is 1. The first-order valence-electron chi connectivity index (χ1n) is 5.14. The maximum absolute atomic E-state index is 4.49. The van der Waals surface area contributed by atoms with E-state index in [9.17, 15) is 0 Å². The van der Waals surface area contributed by atoms with Crippen molar-refractivity contribution < 1.29 is 18.6 Å². The van der Waals surface area contributed by atoms with E-state index >= 15 is 0 Å². The first kappa shape index (κ1) is 11.6. The molecule has 2 atom stereocenters. The van der Waals surface area contributed by atoms with Crippen molar-refractivity contribution in [3.63, 3.8) is 0 Å². The van der Waals surface area contributed by atoms with Gasteiger partial charge in [0.1, 0.15) is 0 Å². The summed E-state index contributed by atoms with van der Waals surface area (Å²) in [5.41, 5.74) is 0. The molecule has 0 amide bonds. The van der Waals surface area contributed by atoms with Crippen molar-refractivity contribution in [2.75, 3.05) is 26.2 Å². The van der Waals surface area contributed by atoms with Crippen LogP contribution in [0.15, 0.2) is 0 Å². The molecular formula is C10H19N2V-. The van der Waals surface area contributed by atoms with Gasteiger partial charge in [-0.15, -0.1) is 13.1 Å². The number of nitrogens with zero attached hydrogens (tertiary/aromatic N) is 2. The molecule has 2 saturated heterocycles. The van der Waals surface area contributed by atoms with Crippen molar-refractivity contribution >= 4 is 0 Å². The zero-order valence-corrected chi connectivity index (χ0v) is 10.0. The van der Waals surface area contributed by atoms with Crippen molar-refractivity contribution in [3.05, 3.63) is 5.32 Å². The quantitative estimate of drug-likeness (QED) is 0.655. The molecule has 1 radical (unpaired) electrons. The van der Waals surface area contributed by atoms with E-state index in [-0.39, 0.29) is 18.6 Å². The molecule has 0 aliphatic carbocycles. The Kier molecular flexibility index (Phi) is 4.30. The molecule has 2 heterocycles. The van der Waals surface area contributed by atoms with Crippen LogP contribution in [0.4, 0.5) is 0 Å². The minimum Gasteiger partial charge on any atom is -0.662 e. The van der Waals surface area contributed by atoms with Gasteiger partial charge in [-0.25, -0.2) is 0 Å². The molecule has 0 bridgehead atoms.